The highest BCUT2D eigenvalue weighted by Gasteiger charge is 2.30. The van der Waals surface area contributed by atoms with Crippen molar-refractivity contribution in [2.45, 2.75) is 31.6 Å². The number of nitrogens with one attached hydrogen (secondary N) is 1. The van der Waals surface area contributed by atoms with Crippen molar-refractivity contribution in [3.05, 3.63) is 72.4 Å². The third-order valence-corrected chi connectivity index (χ3v) is 6.60. The molecule has 2 aliphatic rings. The molecule has 1 atom stereocenters. The maximum Gasteiger partial charge on any atom is 0.249 e. The van der Waals surface area contributed by atoms with Crippen LogP contribution in [0.1, 0.15) is 37.2 Å². The molecule has 1 saturated heterocycles. The summed E-state index contributed by atoms with van der Waals surface area (Å²) in [4.78, 5) is 23.7. The number of rotatable bonds is 5. The van der Waals surface area contributed by atoms with Gasteiger partial charge in [0, 0.05) is 36.7 Å². The summed E-state index contributed by atoms with van der Waals surface area (Å²) in [5.74, 6) is 2.01. The molecule has 4 aromatic rings. The van der Waals surface area contributed by atoms with Gasteiger partial charge in [0.2, 0.25) is 11.9 Å². The summed E-state index contributed by atoms with van der Waals surface area (Å²) in [7, 11) is 0. The van der Waals surface area contributed by atoms with Crippen LogP contribution in [0.5, 0.6) is 0 Å². The lowest BCUT2D eigenvalue weighted by molar-refractivity contribution is -0.117. The molecule has 2 fully saturated rings. The van der Waals surface area contributed by atoms with Gasteiger partial charge >= 0.3 is 0 Å². The lowest BCUT2D eigenvalue weighted by Crippen LogP contribution is -2.34. The Bertz CT molecular complexity index is 1280. The second-order valence-corrected chi connectivity index (χ2v) is 8.98. The van der Waals surface area contributed by atoms with Gasteiger partial charge in [0.05, 0.1) is 5.69 Å². The summed E-state index contributed by atoms with van der Waals surface area (Å²) in [5.41, 5.74) is 3.96. The average molecular weight is 439 g/mol. The van der Waals surface area contributed by atoms with Gasteiger partial charge in [-0.2, -0.15) is 4.98 Å². The lowest BCUT2D eigenvalue weighted by atomic mass is 9.91. The molecule has 1 amide bonds. The smallest absolute Gasteiger partial charge is 0.249 e. The van der Waals surface area contributed by atoms with Gasteiger partial charge < -0.3 is 4.90 Å². The van der Waals surface area contributed by atoms with E-state index in [-0.39, 0.29) is 11.8 Å². The van der Waals surface area contributed by atoms with E-state index in [9.17, 15) is 4.79 Å². The van der Waals surface area contributed by atoms with Crippen LogP contribution in [0.4, 0.5) is 11.8 Å². The Labute approximate surface area is 192 Å². The van der Waals surface area contributed by atoms with E-state index >= 15 is 0 Å². The molecule has 1 aliphatic carbocycles. The Morgan fingerprint density at radius 2 is 1.85 bits per heavy atom. The lowest BCUT2D eigenvalue weighted by Gasteiger charge is -2.34. The second-order valence-electron chi connectivity index (χ2n) is 8.98. The minimum absolute atomic E-state index is 0.00816. The molecule has 3 aromatic heterocycles. The predicted octanol–water partition coefficient (Wildman–Crippen LogP) is 4.52. The average Bonchev–Trinajstić information content (AvgIpc) is 3.64. The van der Waals surface area contributed by atoms with Crippen molar-refractivity contribution < 1.29 is 4.79 Å². The monoisotopic (exact) mass is 438 g/mol. The van der Waals surface area contributed by atoms with Gasteiger partial charge in [-0.05, 0) is 55.5 Å². The third kappa shape index (κ3) is 4.06. The highest BCUT2D eigenvalue weighted by Crippen LogP contribution is 2.31. The summed E-state index contributed by atoms with van der Waals surface area (Å²) in [5, 5.41) is 7.37. The molecule has 7 heteroatoms. The van der Waals surface area contributed by atoms with E-state index in [0.717, 1.165) is 49.4 Å². The summed E-state index contributed by atoms with van der Waals surface area (Å²) in [6.45, 7) is 2.01. The number of amides is 1. The first-order valence-electron chi connectivity index (χ1n) is 11.7. The Morgan fingerprint density at radius 1 is 0.970 bits per heavy atom. The van der Waals surface area contributed by atoms with Gasteiger partial charge in [-0.25, -0.2) is 9.50 Å². The van der Waals surface area contributed by atoms with Crippen LogP contribution < -0.4 is 10.2 Å². The van der Waals surface area contributed by atoms with Crippen LogP contribution in [0.25, 0.3) is 16.9 Å². The van der Waals surface area contributed by atoms with E-state index in [0.29, 0.717) is 17.5 Å². The standard InChI is InChI=1S/C26H26N6O/c33-25(19-11-12-19)29-26-28-24-10-4-9-22(32(24)30-26)20-13-14-23(27-16-20)31-15-5-8-21(17-31)18-6-2-1-3-7-18/h1-4,6-7,9-10,13-14,16,19,21H,5,8,11-12,15,17H2,(H,29,30,33). The van der Waals surface area contributed by atoms with Gasteiger partial charge in [0.1, 0.15) is 5.82 Å². The molecule has 1 aromatic carbocycles. The highest BCUT2D eigenvalue weighted by molar-refractivity contribution is 5.92. The Morgan fingerprint density at radius 3 is 2.64 bits per heavy atom. The van der Waals surface area contributed by atoms with Gasteiger partial charge in [0.25, 0.3) is 0 Å². The van der Waals surface area contributed by atoms with Crippen LogP contribution >= 0.6 is 0 Å². The Hall–Kier alpha value is -3.74. The summed E-state index contributed by atoms with van der Waals surface area (Å²) in [6, 6.07) is 20.8. The molecule has 0 bridgehead atoms. The minimum Gasteiger partial charge on any atom is -0.356 e. The maximum atomic E-state index is 12.1. The largest absolute Gasteiger partial charge is 0.356 e. The van der Waals surface area contributed by atoms with Crippen LogP contribution in [0, 0.1) is 5.92 Å². The zero-order valence-electron chi connectivity index (χ0n) is 18.4. The fourth-order valence-corrected chi connectivity index (χ4v) is 4.64. The van der Waals surface area contributed by atoms with Gasteiger partial charge in [0.15, 0.2) is 5.65 Å². The first-order valence-corrected chi connectivity index (χ1v) is 11.7. The number of hydrogen-bond acceptors (Lipinski definition) is 5. The number of hydrogen-bond donors (Lipinski definition) is 1. The molecule has 166 valence electrons. The van der Waals surface area contributed by atoms with E-state index in [1.165, 1.54) is 12.0 Å². The topological polar surface area (TPSA) is 75.4 Å². The van der Waals surface area contributed by atoms with Crippen molar-refractivity contribution in [3.8, 4) is 11.3 Å². The number of carbonyl (C=O) groups is 1. The molecule has 33 heavy (non-hydrogen) atoms. The van der Waals surface area contributed by atoms with Crippen molar-refractivity contribution in [3.63, 3.8) is 0 Å². The van der Waals surface area contributed by atoms with Crippen molar-refractivity contribution in [1.82, 2.24) is 19.6 Å². The van der Waals surface area contributed by atoms with Crippen molar-refractivity contribution in [1.29, 1.82) is 0 Å². The number of anilines is 2. The number of aromatic nitrogens is 4. The van der Waals surface area contributed by atoms with Crippen molar-refractivity contribution >= 4 is 23.3 Å². The van der Waals surface area contributed by atoms with E-state index in [1.807, 2.05) is 24.4 Å². The quantitative estimate of drug-likeness (QED) is 0.496. The molecule has 1 unspecified atom stereocenters. The molecule has 1 saturated carbocycles. The molecular weight excluding hydrogens is 412 g/mol. The number of fused-ring (bicyclic) bond motifs is 1. The van der Waals surface area contributed by atoms with E-state index in [4.69, 9.17) is 4.98 Å². The maximum absolute atomic E-state index is 12.1. The normalized spacial score (nSPS) is 18.4. The van der Waals surface area contributed by atoms with Crippen LogP contribution in [0.15, 0.2) is 66.9 Å². The number of benzene rings is 1. The first-order chi connectivity index (χ1) is 16.2. The molecule has 0 radical (unpaired) electrons. The summed E-state index contributed by atoms with van der Waals surface area (Å²) < 4.78 is 1.77. The Balaban J connectivity index is 1.23. The van der Waals surface area contributed by atoms with E-state index in [2.05, 4.69) is 62.8 Å². The second kappa shape index (κ2) is 8.31. The van der Waals surface area contributed by atoms with E-state index < -0.39 is 0 Å². The molecule has 0 spiro atoms. The van der Waals surface area contributed by atoms with Crippen LogP contribution in [-0.4, -0.2) is 38.6 Å². The van der Waals surface area contributed by atoms with E-state index in [1.54, 1.807) is 4.52 Å². The molecule has 1 aliphatic heterocycles. The fraction of sp³-hybridized carbons (Fsp3) is 0.308. The number of carbonyl (C=O) groups excluding carboxylic acids is 1. The van der Waals surface area contributed by atoms with Crippen molar-refractivity contribution in [2.75, 3.05) is 23.3 Å². The SMILES string of the molecule is O=C(Nc1nc2cccc(-c3ccc(N4CCCC(c5ccccc5)C4)nc3)n2n1)C1CC1. The first kappa shape index (κ1) is 19.9. The van der Waals surface area contributed by atoms with Gasteiger partial charge in [-0.15, -0.1) is 5.10 Å². The Kier molecular flexibility index (Phi) is 5.02. The summed E-state index contributed by atoms with van der Waals surface area (Å²) in [6.07, 6.45) is 6.18. The third-order valence-electron chi connectivity index (χ3n) is 6.60. The zero-order valence-corrected chi connectivity index (χ0v) is 18.4. The molecule has 1 N–H and O–H groups in total. The van der Waals surface area contributed by atoms with Crippen molar-refractivity contribution in [2.24, 2.45) is 5.92 Å². The summed E-state index contributed by atoms with van der Waals surface area (Å²) >= 11 is 0. The number of piperidine rings is 1. The highest BCUT2D eigenvalue weighted by atomic mass is 16.2. The van der Waals surface area contributed by atoms with Crippen LogP contribution in [0.2, 0.25) is 0 Å². The zero-order chi connectivity index (χ0) is 22.2. The molecular formula is C26H26N6O. The molecule has 6 rings (SSSR count). The molecule has 4 heterocycles. The fourth-order valence-electron chi connectivity index (χ4n) is 4.64. The predicted molar refractivity (Wildman–Crippen MR) is 128 cm³/mol. The number of nitrogens with zero attached hydrogens (tertiary/aromatic N) is 5. The van der Waals surface area contributed by atoms with Gasteiger partial charge in [-0.3, -0.25) is 10.1 Å². The minimum atomic E-state index is 0.00816. The van der Waals surface area contributed by atoms with Crippen LogP contribution in [0.3, 0.4) is 0 Å². The molecule has 7 nitrogen and oxygen atoms in total. The number of pyridine rings is 2. The van der Waals surface area contributed by atoms with Crippen LogP contribution in [-0.2, 0) is 4.79 Å². The van der Waals surface area contributed by atoms with Gasteiger partial charge in [-0.1, -0.05) is 36.4 Å².